The molecule has 116 valence electrons. The first-order valence-corrected chi connectivity index (χ1v) is 7.94. The van der Waals surface area contributed by atoms with Crippen LogP contribution < -0.4 is 5.32 Å². The molecule has 4 rings (SSSR count). The first-order valence-electron chi connectivity index (χ1n) is 7.94. The first-order chi connectivity index (χ1) is 11.4. The summed E-state index contributed by atoms with van der Waals surface area (Å²) in [6.45, 7) is 0.494. The molecule has 3 aromatic rings. The van der Waals surface area contributed by atoms with Crippen LogP contribution in [0.15, 0.2) is 77.4 Å². The molecular formula is C20H19NO2. The maximum Gasteiger partial charge on any atom is 0.129 e. The van der Waals surface area contributed by atoms with Gasteiger partial charge in [-0.1, -0.05) is 48.5 Å². The van der Waals surface area contributed by atoms with E-state index in [1.807, 2.05) is 18.2 Å². The third kappa shape index (κ3) is 3.01. The number of rotatable bonds is 4. The lowest BCUT2D eigenvalue weighted by atomic mass is 9.91. The standard InChI is InChI=1S/C20H19NO2/c1-2-7-15(8-3-1)19-13-20(23-14-16-9-6-12-22-16)17-10-4-5-11-18(17)21-19/h1-12,19-21H,13-14H2. The second-order valence-electron chi connectivity index (χ2n) is 5.81. The van der Waals surface area contributed by atoms with Crippen molar-refractivity contribution in [2.75, 3.05) is 5.32 Å². The van der Waals surface area contributed by atoms with Gasteiger partial charge in [-0.2, -0.15) is 0 Å². The zero-order valence-electron chi connectivity index (χ0n) is 12.8. The van der Waals surface area contributed by atoms with E-state index in [1.54, 1.807) is 6.26 Å². The van der Waals surface area contributed by atoms with Crippen LogP contribution in [-0.4, -0.2) is 0 Å². The smallest absolute Gasteiger partial charge is 0.129 e. The van der Waals surface area contributed by atoms with Crippen LogP contribution in [0.25, 0.3) is 0 Å². The van der Waals surface area contributed by atoms with Gasteiger partial charge in [-0.05, 0) is 23.8 Å². The van der Waals surface area contributed by atoms with Gasteiger partial charge in [-0.3, -0.25) is 0 Å². The Bertz CT molecular complexity index is 752. The molecule has 1 aliphatic rings. The lowest BCUT2D eigenvalue weighted by Gasteiger charge is -2.33. The van der Waals surface area contributed by atoms with E-state index < -0.39 is 0 Å². The molecule has 0 radical (unpaired) electrons. The fourth-order valence-corrected chi connectivity index (χ4v) is 3.14. The molecular weight excluding hydrogens is 286 g/mol. The summed E-state index contributed by atoms with van der Waals surface area (Å²) in [6, 6.07) is 23.0. The first kappa shape index (κ1) is 14.1. The molecule has 2 aromatic carbocycles. The monoisotopic (exact) mass is 305 g/mol. The average molecular weight is 305 g/mol. The Labute approximate surface area is 135 Å². The third-order valence-corrected chi connectivity index (χ3v) is 4.30. The van der Waals surface area contributed by atoms with E-state index in [-0.39, 0.29) is 12.1 Å². The quantitative estimate of drug-likeness (QED) is 0.728. The molecule has 0 amide bonds. The number of para-hydroxylation sites is 1. The van der Waals surface area contributed by atoms with E-state index in [4.69, 9.17) is 9.15 Å². The summed E-state index contributed by atoms with van der Waals surface area (Å²) in [5.41, 5.74) is 3.65. The van der Waals surface area contributed by atoms with E-state index in [1.165, 1.54) is 11.1 Å². The van der Waals surface area contributed by atoms with Gasteiger partial charge in [-0.25, -0.2) is 0 Å². The molecule has 1 N–H and O–H groups in total. The summed E-state index contributed by atoms with van der Waals surface area (Å²) < 4.78 is 11.6. The van der Waals surface area contributed by atoms with Crippen LogP contribution in [0.4, 0.5) is 5.69 Å². The minimum atomic E-state index is 0.0581. The van der Waals surface area contributed by atoms with Crippen molar-refractivity contribution in [2.45, 2.75) is 25.2 Å². The van der Waals surface area contributed by atoms with Crippen LogP contribution >= 0.6 is 0 Å². The molecule has 1 aromatic heterocycles. The number of benzene rings is 2. The summed E-state index contributed by atoms with van der Waals surface area (Å²) in [7, 11) is 0. The number of fused-ring (bicyclic) bond motifs is 1. The largest absolute Gasteiger partial charge is 0.467 e. The molecule has 0 saturated carbocycles. The van der Waals surface area contributed by atoms with Gasteiger partial charge in [0, 0.05) is 17.7 Å². The van der Waals surface area contributed by atoms with Crippen molar-refractivity contribution in [1.82, 2.24) is 0 Å². The zero-order valence-corrected chi connectivity index (χ0v) is 12.8. The third-order valence-electron chi connectivity index (χ3n) is 4.30. The van der Waals surface area contributed by atoms with Gasteiger partial charge in [0.25, 0.3) is 0 Å². The summed E-state index contributed by atoms with van der Waals surface area (Å²) in [4.78, 5) is 0. The minimum Gasteiger partial charge on any atom is -0.467 e. The number of nitrogens with one attached hydrogen (secondary N) is 1. The van der Waals surface area contributed by atoms with Crippen LogP contribution in [0.5, 0.6) is 0 Å². The number of hydrogen-bond acceptors (Lipinski definition) is 3. The van der Waals surface area contributed by atoms with Crippen molar-refractivity contribution in [1.29, 1.82) is 0 Å². The molecule has 2 unspecified atom stereocenters. The van der Waals surface area contributed by atoms with Gasteiger partial charge in [-0.15, -0.1) is 0 Å². The van der Waals surface area contributed by atoms with E-state index in [0.29, 0.717) is 6.61 Å². The molecule has 0 fully saturated rings. The fraction of sp³-hybridized carbons (Fsp3) is 0.200. The highest BCUT2D eigenvalue weighted by molar-refractivity contribution is 5.56. The van der Waals surface area contributed by atoms with Gasteiger partial charge < -0.3 is 14.5 Å². The molecule has 0 spiro atoms. The Morgan fingerprint density at radius 2 is 1.78 bits per heavy atom. The van der Waals surface area contributed by atoms with Crippen LogP contribution in [0.1, 0.15) is 35.5 Å². The Morgan fingerprint density at radius 1 is 0.957 bits per heavy atom. The van der Waals surface area contributed by atoms with E-state index in [0.717, 1.165) is 17.9 Å². The number of hydrogen-bond donors (Lipinski definition) is 1. The maximum atomic E-state index is 6.17. The Hall–Kier alpha value is -2.52. The second-order valence-corrected chi connectivity index (χ2v) is 5.81. The highest BCUT2D eigenvalue weighted by Crippen LogP contribution is 2.40. The molecule has 2 heterocycles. The lowest BCUT2D eigenvalue weighted by Crippen LogP contribution is -2.23. The number of furan rings is 1. The Kier molecular flexibility index (Phi) is 3.86. The average Bonchev–Trinajstić information content (AvgIpc) is 3.14. The molecule has 2 atom stereocenters. The van der Waals surface area contributed by atoms with Gasteiger partial charge in [0.05, 0.1) is 18.4 Å². The number of ether oxygens (including phenoxy) is 1. The van der Waals surface area contributed by atoms with Gasteiger partial charge in [0.2, 0.25) is 0 Å². The van der Waals surface area contributed by atoms with E-state index in [2.05, 4.69) is 53.8 Å². The SMILES string of the molecule is c1ccc(C2CC(OCc3ccco3)c3ccccc3N2)cc1. The fourth-order valence-electron chi connectivity index (χ4n) is 3.14. The maximum absolute atomic E-state index is 6.17. The zero-order chi connectivity index (χ0) is 15.5. The summed E-state index contributed by atoms with van der Waals surface area (Å²) in [5.74, 6) is 0.859. The predicted octanol–water partition coefficient (Wildman–Crippen LogP) is 5.09. The summed E-state index contributed by atoms with van der Waals surface area (Å²) >= 11 is 0. The Morgan fingerprint density at radius 3 is 2.61 bits per heavy atom. The van der Waals surface area contributed by atoms with Crippen molar-refractivity contribution in [3.8, 4) is 0 Å². The molecule has 1 aliphatic heterocycles. The molecule has 0 bridgehead atoms. The van der Waals surface area contributed by atoms with Crippen molar-refractivity contribution in [3.63, 3.8) is 0 Å². The van der Waals surface area contributed by atoms with E-state index >= 15 is 0 Å². The summed E-state index contributed by atoms with van der Waals surface area (Å²) in [6.07, 6.45) is 2.64. The van der Waals surface area contributed by atoms with Gasteiger partial charge in [0.15, 0.2) is 0 Å². The van der Waals surface area contributed by atoms with Crippen LogP contribution in [0.2, 0.25) is 0 Å². The normalized spacial score (nSPS) is 19.8. The van der Waals surface area contributed by atoms with Crippen molar-refractivity contribution in [3.05, 3.63) is 89.9 Å². The van der Waals surface area contributed by atoms with Crippen LogP contribution in [-0.2, 0) is 11.3 Å². The lowest BCUT2D eigenvalue weighted by molar-refractivity contribution is 0.0191. The minimum absolute atomic E-state index is 0.0581. The Balaban J connectivity index is 1.58. The van der Waals surface area contributed by atoms with Crippen molar-refractivity contribution in [2.24, 2.45) is 0 Å². The van der Waals surface area contributed by atoms with Gasteiger partial charge >= 0.3 is 0 Å². The molecule has 0 saturated heterocycles. The van der Waals surface area contributed by atoms with Crippen LogP contribution in [0.3, 0.4) is 0 Å². The molecule has 23 heavy (non-hydrogen) atoms. The summed E-state index contributed by atoms with van der Waals surface area (Å²) in [5, 5.41) is 3.63. The molecule has 3 nitrogen and oxygen atoms in total. The molecule has 0 aliphatic carbocycles. The highest BCUT2D eigenvalue weighted by Gasteiger charge is 2.27. The topological polar surface area (TPSA) is 34.4 Å². The predicted molar refractivity (Wildman–Crippen MR) is 90.1 cm³/mol. The van der Waals surface area contributed by atoms with E-state index in [9.17, 15) is 0 Å². The van der Waals surface area contributed by atoms with Gasteiger partial charge in [0.1, 0.15) is 12.4 Å². The van der Waals surface area contributed by atoms with Crippen molar-refractivity contribution < 1.29 is 9.15 Å². The van der Waals surface area contributed by atoms with Crippen molar-refractivity contribution >= 4 is 5.69 Å². The van der Waals surface area contributed by atoms with Crippen LogP contribution in [0, 0.1) is 0 Å². The number of anilines is 1. The second kappa shape index (κ2) is 6.31. The highest BCUT2D eigenvalue weighted by atomic mass is 16.5. The molecule has 3 heteroatoms.